The predicted molar refractivity (Wildman–Crippen MR) is 97.3 cm³/mol. The van der Waals surface area contributed by atoms with Crippen molar-refractivity contribution in [3.8, 4) is 0 Å². The monoisotopic (exact) mass is 357 g/mol. The minimum Gasteiger partial charge on any atom is -0.480 e. The first-order valence-electron chi connectivity index (χ1n) is 8.95. The predicted octanol–water partition coefficient (Wildman–Crippen LogP) is 2.89. The number of anilines is 1. The van der Waals surface area contributed by atoms with Crippen LogP contribution in [0.15, 0.2) is 29.4 Å². The number of carbonyl (C=O) groups is 3. The zero-order valence-electron chi connectivity index (χ0n) is 14.9. The maximum atomic E-state index is 12.9. The highest BCUT2D eigenvalue weighted by Gasteiger charge is 2.34. The largest absolute Gasteiger partial charge is 0.480 e. The van der Waals surface area contributed by atoms with Gasteiger partial charge in [-0.15, -0.1) is 0 Å². The van der Waals surface area contributed by atoms with Crippen molar-refractivity contribution in [2.75, 3.05) is 18.0 Å². The Kier molecular flexibility index (Phi) is 5.35. The molecule has 7 nitrogen and oxygen atoms in total. The molecule has 0 aromatic heterocycles. The highest BCUT2D eigenvalue weighted by atomic mass is 16.4. The molecule has 1 aromatic carbocycles. The highest BCUT2D eigenvalue weighted by Crippen LogP contribution is 2.33. The summed E-state index contributed by atoms with van der Waals surface area (Å²) in [6, 6.07) is 6.79. The van der Waals surface area contributed by atoms with Gasteiger partial charge in [0.25, 0.3) is 0 Å². The van der Waals surface area contributed by atoms with Crippen LogP contribution in [0.3, 0.4) is 0 Å². The van der Waals surface area contributed by atoms with Crippen LogP contribution in [0.2, 0.25) is 0 Å². The van der Waals surface area contributed by atoms with E-state index in [1.54, 1.807) is 6.07 Å². The molecular formula is C19H23N3O4. The molecule has 26 heavy (non-hydrogen) atoms. The number of hydrogen-bond donors (Lipinski definition) is 1. The Labute approximate surface area is 152 Å². The second-order valence-corrected chi connectivity index (χ2v) is 6.86. The second-order valence-electron chi connectivity index (χ2n) is 6.86. The molecule has 2 amide bonds. The average Bonchev–Trinajstić information content (AvgIpc) is 2.72. The number of hydrogen-bond acceptors (Lipinski definition) is 4. The smallest absolute Gasteiger partial charge is 0.345 e. The van der Waals surface area contributed by atoms with Gasteiger partial charge in [-0.25, -0.2) is 9.80 Å². The maximum Gasteiger partial charge on any atom is 0.345 e. The van der Waals surface area contributed by atoms with Gasteiger partial charge in [0.2, 0.25) is 0 Å². The van der Waals surface area contributed by atoms with Crippen molar-refractivity contribution in [1.82, 2.24) is 5.01 Å². The van der Waals surface area contributed by atoms with Crippen LogP contribution >= 0.6 is 0 Å². The number of amides is 2. The molecule has 7 heteroatoms. The number of Topliss-reactive ketones (excluding diaryl/α,β-unsaturated/α-hetero) is 1. The Bertz CT molecular complexity index is 753. The number of hydrazone groups is 1. The van der Waals surface area contributed by atoms with Gasteiger partial charge in [0.1, 0.15) is 12.3 Å². The summed E-state index contributed by atoms with van der Waals surface area (Å²) in [5, 5.41) is 14.7. The van der Waals surface area contributed by atoms with Gasteiger partial charge in [-0.1, -0.05) is 37.5 Å². The summed E-state index contributed by atoms with van der Waals surface area (Å²) in [6.07, 6.45) is 5.30. The molecule has 3 rings (SSSR count). The normalized spacial score (nSPS) is 18.2. The molecule has 1 N–H and O–H groups in total. The van der Waals surface area contributed by atoms with Crippen LogP contribution in [0.4, 0.5) is 10.5 Å². The van der Waals surface area contributed by atoms with Crippen molar-refractivity contribution in [2.24, 2.45) is 11.0 Å². The minimum atomic E-state index is -1.14. The number of aliphatic carboxylic acids is 1. The van der Waals surface area contributed by atoms with Crippen LogP contribution in [0.5, 0.6) is 0 Å². The van der Waals surface area contributed by atoms with E-state index in [2.05, 4.69) is 5.10 Å². The first-order chi connectivity index (χ1) is 12.5. The number of ketones is 1. The van der Waals surface area contributed by atoms with Crippen molar-refractivity contribution in [2.45, 2.75) is 39.0 Å². The summed E-state index contributed by atoms with van der Waals surface area (Å²) < 4.78 is 0. The Morgan fingerprint density at radius 3 is 2.50 bits per heavy atom. The van der Waals surface area contributed by atoms with Crippen molar-refractivity contribution in [3.05, 3.63) is 29.8 Å². The van der Waals surface area contributed by atoms with Gasteiger partial charge in [0, 0.05) is 11.5 Å². The van der Waals surface area contributed by atoms with Crippen molar-refractivity contribution in [3.63, 3.8) is 0 Å². The first kappa shape index (κ1) is 18.1. The van der Waals surface area contributed by atoms with Gasteiger partial charge in [-0.3, -0.25) is 14.5 Å². The van der Waals surface area contributed by atoms with Gasteiger partial charge in [0.15, 0.2) is 0 Å². The molecule has 1 saturated carbocycles. The van der Waals surface area contributed by atoms with E-state index in [0.717, 1.165) is 42.0 Å². The van der Waals surface area contributed by atoms with E-state index >= 15 is 0 Å². The third-order valence-corrected chi connectivity index (χ3v) is 4.81. The molecule has 0 unspecified atom stereocenters. The van der Waals surface area contributed by atoms with E-state index in [1.807, 2.05) is 18.2 Å². The van der Waals surface area contributed by atoms with E-state index in [0.29, 0.717) is 5.69 Å². The SMILES string of the molecule is CC(=O)CN1C(=O)N(CC(=O)O)N=C(C2CCCCC2)c2ccccc21. The standard InChI is InChI=1S/C19H23N3O4/c1-13(23)11-21-16-10-6-5-9-15(16)18(14-7-3-2-4-8-14)20-22(19(21)26)12-17(24)25/h5-6,9-10,14H,2-4,7-8,11-12H2,1H3,(H,24,25). The second kappa shape index (κ2) is 7.68. The Morgan fingerprint density at radius 1 is 1.15 bits per heavy atom. The van der Waals surface area contributed by atoms with E-state index < -0.39 is 18.5 Å². The molecule has 1 aliphatic heterocycles. The molecule has 0 saturated heterocycles. The first-order valence-corrected chi connectivity index (χ1v) is 8.95. The van der Waals surface area contributed by atoms with Crippen LogP contribution in [-0.2, 0) is 9.59 Å². The molecule has 1 aliphatic carbocycles. The van der Waals surface area contributed by atoms with E-state index in [1.165, 1.54) is 18.2 Å². The van der Waals surface area contributed by atoms with E-state index in [-0.39, 0.29) is 18.2 Å². The summed E-state index contributed by atoms with van der Waals surface area (Å²) >= 11 is 0. The van der Waals surface area contributed by atoms with Gasteiger partial charge >= 0.3 is 12.0 Å². The quantitative estimate of drug-likeness (QED) is 0.877. The number of urea groups is 1. The average molecular weight is 357 g/mol. The summed E-state index contributed by atoms with van der Waals surface area (Å²) in [4.78, 5) is 37.3. The Hall–Kier alpha value is -2.70. The Balaban J connectivity index is 2.11. The highest BCUT2D eigenvalue weighted by molar-refractivity contribution is 6.12. The lowest BCUT2D eigenvalue weighted by Gasteiger charge is -2.25. The molecule has 0 atom stereocenters. The molecular weight excluding hydrogens is 334 g/mol. The third kappa shape index (κ3) is 3.76. The molecule has 2 aliphatic rings. The van der Waals surface area contributed by atoms with Crippen molar-refractivity contribution < 1.29 is 19.5 Å². The van der Waals surface area contributed by atoms with Gasteiger partial charge in [-0.05, 0) is 25.8 Å². The Morgan fingerprint density at radius 2 is 1.85 bits per heavy atom. The maximum absolute atomic E-state index is 12.9. The molecule has 1 heterocycles. The van der Waals surface area contributed by atoms with Crippen LogP contribution in [-0.4, -0.2) is 46.7 Å². The lowest BCUT2D eigenvalue weighted by molar-refractivity contribution is -0.137. The van der Waals surface area contributed by atoms with Crippen molar-refractivity contribution in [1.29, 1.82) is 0 Å². The number of carboxylic acid groups (broad SMARTS) is 1. The molecule has 138 valence electrons. The number of nitrogens with zero attached hydrogens (tertiary/aromatic N) is 3. The van der Waals surface area contributed by atoms with Crippen molar-refractivity contribution >= 4 is 29.2 Å². The molecule has 0 radical (unpaired) electrons. The van der Waals surface area contributed by atoms with Crippen LogP contribution in [0, 0.1) is 5.92 Å². The number of benzene rings is 1. The number of para-hydroxylation sites is 1. The van der Waals surface area contributed by atoms with E-state index in [9.17, 15) is 19.5 Å². The summed E-state index contributed by atoms with van der Waals surface area (Å²) in [6.45, 7) is 0.766. The summed E-state index contributed by atoms with van der Waals surface area (Å²) in [5.74, 6) is -1.13. The van der Waals surface area contributed by atoms with Crippen LogP contribution < -0.4 is 4.90 Å². The van der Waals surface area contributed by atoms with Gasteiger partial charge < -0.3 is 5.11 Å². The van der Waals surface area contributed by atoms with Gasteiger partial charge in [-0.2, -0.15) is 5.10 Å². The topological polar surface area (TPSA) is 90.3 Å². The summed E-state index contributed by atoms with van der Waals surface area (Å²) in [7, 11) is 0. The fraction of sp³-hybridized carbons (Fsp3) is 0.474. The lowest BCUT2D eigenvalue weighted by atomic mass is 9.83. The fourth-order valence-electron chi connectivity index (χ4n) is 3.68. The fourth-order valence-corrected chi connectivity index (χ4v) is 3.68. The van der Waals surface area contributed by atoms with E-state index in [4.69, 9.17) is 0 Å². The lowest BCUT2D eigenvalue weighted by Crippen LogP contribution is -2.44. The molecule has 1 fully saturated rings. The molecule has 0 spiro atoms. The van der Waals surface area contributed by atoms with Gasteiger partial charge in [0.05, 0.1) is 17.9 Å². The third-order valence-electron chi connectivity index (χ3n) is 4.81. The molecule has 1 aromatic rings. The zero-order chi connectivity index (χ0) is 18.7. The number of fused-ring (bicyclic) bond motifs is 1. The van der Waals surface area contributed by atoms with Crippen LogP contribution in [0.1, 0.15) is 44.6 Å². The number of carbonyl (C=O) groups excluding carboxylic acids is 2. The summed E-state index contributed by atoms with van der Waals surface area (Å²) in [5.41, 5.74) is 2.17. The minimum absolute atomic E-state index is 0.112. The number of rotatable bonds is 5. The van der Waals surface area contributed by atoms with Crippen LogP contribution in [0.25, 0.3) is 0 Å². The zero-order valence-corrected chi connectivity index (χ0v) is 14.9. The molecule has 0 bridgehead atoms. The number of carboxylic acids is 1.